The second kappa shape index (κ2) is 7.88. The maximum Gasteiger partial charge on any atom is 0.310 e. The van der Waals surface area contributed by atoms with Gasteiger partial charge in [0.05, 0.1) is 12.5 Å². The van der Waals surface area contributed by atoms with E-state index in [9.17, 15) is 4.79 Å². The summed E-state index contributed by atoms with van der Waals surface area (Å²) in [6.45, 7) is 4.80. The molecule has 0 aliphatic rings. The van der Waals surface area contributed by atoms with Gasteiger partial charge >= 0.3 is 5.97 Å². The molecule has 0 heterocycles. The van der Waals surface area contributed by atoms with Crippen LogP contribution in [0, 0.1) is 11.8 Å². The van der Waals surface area contributed by atoms with Gasteiger partial charge in [0.15, 0.2) is 0 Å². The Morgan fingerprint density at radius 1 is 1.28 bits per heavy atom. The summed E-state index contributed by atoms with van der Waals surface area (Å²) >= 11 is 0. The van der Waals surface area contributed by atoms with Gasteiger partial charge in [-0.1, -0.05) is 44.2 Å². The molecule has 1 unspecified atom stereocenters. The van der Waals surface area contributed by atoms with Gasteiger partial charge in [0.1, 0.15) is 0 Å². The molecular formula is C15H23NO2. The number of carbonyl (C=O) groups excluding carboxylic acids is 1. The first-order valence-electron chi connectivity index (χ1n) is 6.55. The number of carbonyl (C=O) groups is 1. The highest BCUT2D eigenvalue weighted by molar-refractivity contribution is 5.72. The summed E-state index contributed by atoms with van der Waals surface area (Å²) in [6.07, 6.45) is 1.79. The smallest absolute Gasteiger partial charge is 0.310 e. The lowest BCUT2D eigenvalue weighted by molar-refractivity contribution is -0.149. The van der Waals surface area contributed by atoms with Crippen LogP contribution >= 0.6 is 0 Å². The molecule has 0 aromatic heterocycles. The molecule has 18 heavy (non-hydrogen) atoms. The molecule has 0 fully saturated rings. The van der Waals surface area contributed by atoms with E-state index >= 15 is 0 Å². The van der Waals surface area contributed by atoms with Crippen LogP contribution < -0.4 is 5.73 Å². The topological polar surface area (TPSA) is 52.3 Å². The molecule has 1 aromatic rings. The standard InChI is InChI=1S/C15H23NO2/c1-12(2)14(11-16)15(17)18-10-6-9-13-7-4-3-5-8-13/h3-5,7-8,12,14H,6,9-11,16H2,1-2H3. The van der Waals surface area contributed by atoms with Crippen molar-refractivity contribution < 1.29 is 9.53 Å². The first-order chi connectivity index (χ1) is 8.65. The average molecular weight is 249 g/mol. The summed E-state index contributed by atoms with van der Waals surface area (Å²) in [7, 11) is 0. The van der Waals surface area contributed by atoms with Crippen LogP contribution in [0.3, 0.4) is 0 Å². The minimum atomic E-state index is -0.179. The largest absolute Gasteiger partial charge is 0.465 e. The lowest BCUT2D eigenvalue weighted by atomic mass is 9.96. The highest BCUT2D eigenvalue weighted by atomic mass is 16.5. The van der Waals surface area contributed by atoms with E-state index in [4.69, 9.17) is 10.5 Å². The van der Waals surface area contributed by atoms with Gasteiger partial charge in [-0.2, -0.15) is 0 Å². The van der Waals surface area contributed by atoms with E-state index in [0.717, 1.165) is 12.8 Å². The molecule has 3 heteroatoms. The molecule has 0 amide bonds. The van der Waals surface area contributed by atoms with E-state index in [1.807, 2.05) is 32.0 Å². The third-order valence-electron chi connectivity index (χ3n) is 3.06. The van der Waals surface area contributed by atoms with Crippen LogP contribution in [0.1, 0.15) is 25.8 Å². The van der Waals surface area contributed by atoms with Crippen LogP contribution in [-0.4, -0.2) is 19.1 Å². The van der Waals surface area contributed by atoms with E-state index in [1.165, 1.54) is 5.56 Å². The zero-order valence-electron chi connectivity index (χ0n) is 11.3. The van der Waals surface area contributed by atoms with Gasteiger partial charge in [0.2, 0.25) is 0 Å². The van der Waals surface area contributed by atoms with E-state index in [1.54, 1.807) is 0 Å². The predicted molar refractivity (Wildman–Crippen MR) is 73.1 cm³/mol. The number of nitrogens with two attached hydrogens (primary N) is 1. The number of esters is 1. The number of hydrogen-bond donors (Lipinski definition) is 1. The summed E-state index contributed by atoms with van der Waals surface area (Å²) in [4.78, 5) is 11.7. The minimum Gasteiger partial charge on any atom is -0.465 e. The molecule has 0 spiro atoms. The Bertz CT molecular complexity index is 349. The summed E-state index contributed by atoms with van der Waals surface area (Å²) < 4.78 is 5.26. The molecule has 3 nitrogen and oxygen atoms in total. The molecule has 0 aliphatic carbocycles. The van der Waals surface area contributed by atoms with Crippen molar-refractivity contribution in [3.63, 3.8) is 0 Å². The van der Waals surface area contributed by atoms with Crippen molar-refractivity contribution in [2.24, 2.45) is 17.6 Å². The maximum absolute atomic E-state index is 11.7. The van der Waals surface area contributed by atoms with Crippen LogP contribution in [0.15, 0.2) is 30.3 Å². The summed E-state index contributed by atoms with van der Waals surface area (Å²) in [5.74, 6) is -0.112. The van der Waals surface area contributed by atoms with Crippen molar-refractivity contribution in [2.75, 3.05) is 13.2 Å². The highest BCUT2D eigenvalue weighted by Crippen LogP contribution is 2.11. The van der Waals surface area contributed by atoms with Gasteiger partial charge in [0.25, 0.3) is 0 Å². The van der Waals surface area contributed by atoms with Crippen molar-refractivity contribution in [1.82, 2.24) is 0 Å². The summed E-state index contributed by atoms with van der Waals surface area (Å²) in [6, 6.07) is 10.2. The first-order valence-corrected chi connectivity index (χ1v) is 6.55. The Balaban J connectivity index is 2.23. The molecule has 1 atom stereocenters. The third kappa shape index (κ3) is 4.88. The number of benzene rings is 1. The number of hydrogen-bond acceptors (Lipinski definition) is 3. The van der Waals surface area contributed by atoms with Crippen LogP contribution in [0.5, 0.6) is 0 Å². The predicted octanol–water partition coefficient (Wildman–Crippen LogP) is 2.39. The Labute approximate surface area is 109 Å². The van der Waals surface area contributed by atoms with Gasteiger partial charge < -0.3 is 10.5 Å². The normalized spacial score (nSPS) is 12.4. The lowest BCUT2D eigenvalue weighted by Crippen LogP contribution is -2.30. The monoisotopic (exact) mass is 249 g/mol. The second-order valence-electron chi connectivity index (χ2n) is 4.84. The molecule has 0 bridgehead atoms. The van der Waals surface area contributed by atoms with Crippen molar-refractivity contribution in [1.29, 1.82) is 0 Å². The number of rotatable bonds is 7. The molecular weight excluding hydrogens is 226 g/mol. The number of aryl methyl sites for hydroxylation is 1. The van der Waals surface area contributed by atoms with Gasteiger partial charge in [-0.05, 0) is 24.3 Å². The summed E-state index contributed by atoms with van der Waals surface area (Å²) in [5.41, 5.74) is 6.84. The van der Waals surface area contributed by atoms with Crippen molar-refractivity contribution in [2.45, 2.75) is 26.7 Å². The zero-order valence-corrected chi connectivity index (χ0v) is 11.3. The molecule has 1 rings (SSSR count). The minimum absolute atomic E-state index is 0.166. The molecule has 2 N–H and O–H groups in total. The number of ether oxygens (including phenoxy) is 1. The van der Waals surface area contributed by atoms with Gasteiger partial charge in [0, 0.05) is 6.54 Å². The van der Waals surface area contributed by atoms with E-state index in [2.05, 4.69) is 12.1 Å². The van der Waals surface area contributed by atoms with Crippen molar-refractivity contribution >= 4 is 5.97 Å². The molecule has 100 valence electrons. The molecule has 0 saturated heterocycles. The molecule has 0 aliphatic heterocycles. The van der Waals surface area contributed by atoms with E-state index in [0.29, 0.717) is 13.2 Å². The third-order valence-corrected chi connectivity index (χ3v) is 3.06. The van der Waals surface area contributed by atoms with E-state index < -0.39 is 0 Å². The Morgan fingerprint density at radius 2 is 1.94 bits per heavy atom. The Kier molecular flexibility index (Phi) is 6.44. The lowest BCUT2D eigenvalue weighted by Gasteiger charge is -2.17. The fourth-order valence-electron chi connectivity index (χ4n) is 1.84. The van der Waals surface area contributed by atoms with Crippen LogP contribution in [-0.2, 0) is 16.0 Å². The van der Waals surface area contributed by atoms with Gasteiger partial charge in [-0.3, -0.25) is 4.79 Å². The average Bonchev–Trinajstić information content (AvgIpc) is 2.36. The SMILES string of the molecule is CC(C)C(CN)C(=O)OCCCc1ccccc1. The fraction of sp³-hybridized carbons (Fsp3) is 0.533. The van der Waals surface area contributed by atoms with Gasteiger partial charge in [-0.25, -0.2) is 0 Å². The molecule has 1 aromatic carbocycles. The van der Waals surface area contributed by atoms with Crippen molar-refractivity contribution in [3.8, 4) is 0 Å². The quantitative estimate of drug-likeness (QED) is 0.596. The second-order valence-corrected chi connectivity index (χ2v) is 4.84. The Morgan fingerprint density at radius 3 is 2.50 bits per heavy atom. The van der Waals surface area contributed by atoms with Crippen LogP contribution in [0.25, 0.3) is 0 Å². The molecule has 0 radical (unpaired) electrons. The molecule has 0 saturated carbocycles. The first kappa shape index (κ1) is 14.7. The van der Waals surface area contributed by atoms with Crippen LogP contribution in [0.4, 0.5) is 0 Å². The van der Waals surface area contributed by atoms with Gasteiger partial charge in [-0.15, -0.1) is 0 Å². The van der Waals surface area contributed by atoms with Crippen LogP contribution in [0.2, 0.25) is 0 Å². The fourth-order valence-corrected chi connectivity index (χ4v) is 1.84. The van der Waals surface area contributed by atoms with E-state index in [-0.39, 0.29) is 17.8 Å². The summed E-state index contributed by atoms with van der Waals surface area (Å²) in [5, 5.41) is 0. The van der Waals surface area contributed by atoms with Crippen molar-refractivity contribution in [3.05, 3.63) is 35.9 Å². The highest BCUT2D eigenvalue weighted by Gasteiger charge is 2.21. The zero-order chi connectivity index (χ0) is 13.4. The maximum atomic E-state index is 11.7. The Hall–Kier alpha value is -1.35.